The molecule has 0 spiro atoms. The highest BCUT2D eigenvalue weighted by Gasteiger charge is 2.21. The average Bonchev–Trinajstić information content (AvgIpc) is 3.06. The SMILES string of the molecule is O=C1NCCn2nc(-c3ccnc(-c4ccc(F)c(F)c4F)n3)cc21. The van der Waals surface area contributed by atoms with Crippen LogP contribution < -0.4 is 5.32 Å². The standard InChI is InChI=1S/C16H10F3N5O/c17-9-2-1-8(13(18)14(9)19)15-20-4-3-10(22-15)11-7-12-16(25)21-5-6-24(12)23-11/h1-4,7H,5-6H2,(H,21,25). The number of benzene rings is 1. The number of carbonyl (C=O) groups is 1. The van der Waals surface area contributed by atoms with Gasteiger partial charge in [-0.1, -0.05) is 0 Å². The van der Waals surface area contributed by atoms with E-state index in [0.717, 1.165) is 12.1 Å². The van der Waals surface area contributed by atoms with E-state index in [4.69, 9.17) is 0 Å². The van der Waals surface area contributed by atoms with Crippen LogP contribution in [0.2, 0.25) is 0 Å². The molecule has 1 aliphatic rings. The summed E-state index contributed by atoms with van der Waals surface area (Å²) >= 11 is 0. The molecule has 3 aromatic rings. The van der Waals surface area contributed by atoms with Gasteiger partial charge in [-0.2, -0.15) is 5.10 Å². The van der Waals surface area contributed by atoms with Gasteiger partial charge in [-0.25, -0.2) is 23.1 Å². The van der Waals surface area contributed by atoms with Crippen molar-refractivity contribution in [1.29, 1.82) is 0 Å². The molecule has 1 aromatic carbocycles. The van der Waals surface area contributed by atoms with Gasteiger partial charge in [0, 0.05) is 12.7 Å². The van der Waals surface area contributed by atoms with E-state index in [9.17, 15) is 18.0 Å². The van der Waals surface area contributed by atoms with Crippen molar-refractivity contribution in [2.45, 2.75) is 6.54 Å². The van der Waals surface area contributed by atoms with Gasteiger partial charge in [0.2, 0.25) is 0 Å². The molecule has 0 saturated heterocycles. The fourth-order valence-corrected chi connectivity index (χ4v) is 2.59. The number of carbonyl (C=O) groups excluding carboxylic acids is 1. The number of nitrogens with one attached hydrogen (secondary N) is 1. The van der Waals surface area contributed by atoms with E-state index in [1.807, 2.05) is 0 Å². The zero-order chi connectivity index (χ0) is 17.6. The summed E-state index contributed by atoms with van der Waals surface area (Å²) in [7, 11) is 0. The molecule has 126 valence electrons. The zero-order valence-electron chi connectivity index (χ0n) is 12.6. The van der Waals surface area contributed by atoms with Crippen molar-refractivity contribution >= 4 is 5.91 Å². The number of hydrogen-bond donors (Lipinski definition) is 1. The van der Waals surface area contributed by atoms with Gasteiger partial charge in [-0.15, -0.1) is 0 Å². The van der Waals surface area contributed by atoms with Crippen molar-refractivity contribution in [3.8, 4) is 22.8 Å². The smallest absolute Gasteiger partial charge is 0.269 e. The summed E-state index contributed by atoms with van der Waals surface area (Å²) in [5, 5.41) is 7.00. The molecular formula is C16H10F3N5O. The number of nitrogens with zero attached hydrogens (tertiary/aromatic N) is 4. The number of amides is 1. The largest absolute Gasteiger partial charge is 0.349 e. The summed E-state index contributed by atoms with van der Waals surface area (Å²) in [6.45, 7) is 0.999. The molecule has 25 heavy (non-hydrogen) atoms. The van der Waals surface area contributed by atoms with Gasteiger partial charge in [-0.3, -0.25) is 9.48 Å². The maximum Gasteiger partial charge on any atom is 0.269 e. The molecule has 6 nitrogen and oxygen atoms in total. The van der Waals surface area contributed by atoms with Crippen LogP contribution in [0.25, 0.3) is 22.8 Å². The first-order chi connectivity index (χ1) is 12.0. The Morgan fingerprint density at radius 3 is 2.72 bits per heavy atom. The molecule has 0 radical (unpaired) electrons. The van der Waals surface area contributed by atoms with E-state index in [1.54, 1.807) is 10.7 Å². The van der Waals surface area contributed by atoms with E-state index in [2.05, 4.69) is 20.4 Å². The molecule has 0 atom stereocenters. The topological polar surface area (TPSA) is 72.7 Å². The van der Waals surface area contributed by atoms with Crippen LogP contribution in [-0.4, -0.2) is 32.2 Å². The van der Waals surface area contributed by atoms with Crippen molar-refractivity contribution in [2.75, 3.05) is 6.54 Å². The minimum absolute atomic E-state index is 0.107. The molecule has 0 aliphatic carbocycles. The van der Waals surface area contributed by atoms with Crippen molar-refractivity contribution in [3.63, 3.8) is 0 Å². The van der Waals surface area contributed by atoms with Crippen molar-refractivity contribution < 1.29 is 18.0 Å². The van der Waals surface area contributed by atoms with Crippen LogP contribution >= 0.6 is 0 Å². The lowest BCUT2D eigenvalue weighted by Crippen LogP contribution is -2.35. The molecule has 9 heteroatoms. The number of rotatable bonds is 2. The Balaban J connectivity index is 1.78. The van der Waals surface area contributed by atoms with Crippen molar-refractivity contribution in [2.24, 2.45) is 0 Å². The third-order valence-corrected chi connectivity index (χ3v) is 3.82. The lowest BCUT2D eigenvalue weighted by Gasteiger charge is -2.13. The average molecular weight is 345 g/mol. The summed E-state index contributed by atoms with van der Waals surface area (Å²) < 4.78 is 42.0. The van der Waals surface area contributed by atoms with E-state index in [0.29, 0.717) is 30.2 Å². The Bertz CT molecular complexity index is 1000. The van der Waals surface area contributed by atoms with E-state index in [-0.39, 0.29) is 17.3 Å². The number of aromatic nitrogens is 4. The molecule has 0 fully saturated rings. The van der Waals surface area contributed by atoms with Crippen LogP contribution in [0.15, 0.2) is 30.5 Å². The van der Waals surface area contributed by atoms with E-state index in [1.165, 1.54) is 12.3 Å². The minimum atomic E-state index is -1.58. The molecule has 0 unspecified atom stereocenters. The second-order valence-corrected chi connectivity index (χ2v) is 5.38. The third-order valence-electron chi connectivity index (χ3n) is 3.82. The summed E-state index contributed by atoms with van der Waals surface area (Å²) in [5.41, 5.74) is 0.866. The van der Waals surface area contributed by atoms with Crippen LogP contribution in [0.4, 0.5) is 13.2 Å². The van der Waals surface area contributed by atoms with Crippen LogP contribution in [0.3, 0.4) is 0 Å². The Hall–Kier alpha value is -3.23. The molecule has 0 saturated carbocycles. The van der Waals surface area contributed by atoms with Gasteiger partial charge in [0.25, 0.3) is 5.91 Å². The Morgan fingerprint density at radius 1 is 1.08 bits per heavy atom. The second kappa shape index (κ2) is 5.69. The molecule has 1 amide bonds. The molecule has 0 bridgehead atoms. The Labute approximate surface area is 139 Å². The third kappa shape index (κ3) is 2.53. The highest BCUT2D eigenvalue weighted by molar-refractivity contribution is 5.94. The first-order valence-electron chi connectivity index (χ1n) is 7.38. The van der Waals surface area contributed by atoms with Crippen LogP contribution in [0, 0.1) is 17.5 Å². The monoisotopic (exact) mass is 345 g/mol. The maximum atomic E-state index is 14.0. The Morgan fingerprint density at radius 2 is 1.92 bits per heavy atom. The number of halogens is 3. The summed E-state index contributed by atoms with van der Waals surface area (Å²) in [5.74, 6) is -4.58. The van der Waals surface area contributed by atoms with E-state index < -0.39 is 17.5 Å². The number of fused-ring (bicyclic) bond motifs is 1. The highest BCUT2D eigenvalue weighted by Crippen LogP contribution is 2.25. The minimum Gasteiger partial charge on any atom is -0.349 e. The zero-order valence-corrected chi connectivity index (χ0v) is 12.6. The molecule has 1 N–H and O–H groups in total. The first kappa shape index (κ1) is 15.3. The molecule has 2 aromatic heterocycles. The van der Waals surface area contributed by atoms with Crippen molar-refractivity contribution in [3.05, 3.63) is 53.6 Å². The molecule has 4 rings (SSSR count). The molecular weight excluding hydrogens is 335 g/mol. The summed E-state index contributed by atoms with van der Waals surface area (Å²) in [6, 6.07) is 4.97. The lowest BCUT2D eigenvalue weighted by molar-refractivity contribution is 0.0924. The van der Waals surface area contributed by atoms with Gasteiger partial charge in [0.1, 0.15) is 11.4 Å². The van der Waals surface area contributed by atoms with Gasteiger partial charge in [0.15, 0.2) is 23.3 Å². The summed E-state index contributed by atoms with van der Waals surface area (Å²) in [4.78, 5) is 19.9. The van der Waals surface area contributed by atoms with Crippen LogP contribution in [0.1, 0.15) is 10.5 Å². The lowest BCUT2D eigenvalue weighted by atomic mass is 10.1. The molecule has 1 aliphatic heterocycles. The molecule has 3 heterocycles. The van der Waals surface area contributed by atoms with Gasteiger partial charge in [-0.05, 0) is 24.3 Å². The number of hydrogen-bond acceptors (Lipinski definition) is 4. The van der Waals surface area contributed by atoms with Crippen LogP contribution in [-0.2, 0) is 6.54 Å². The first-order valence-corrected chi connectivity index (χ1v) is 7.38. The normalized spacial score (nSPS) is 13.5. The van der Waals surface area contributed by atoms with E-state index >= 15 is 0 Å². The van der Waals surface area contributed by atoms with Crippen molar-refractivity contribution in [1.82, 2.24) is 25.1 Å². The quantitative estimate of drug-likeness (QED) is 0.723. The fraction of sp³-hybridized carbons (Fsp3) is 0.125. The Kier molecular flexibility index (Phi) is 3.48. The predicted molar refractivity (Wildman–Crippen MR) is 80.9 cm³/mol. The maximum absolute atomic E-state index is 14.0. The summed E-state index contributed by atoms with van der Waals surface area (Å²) in [6.07, 6.45) is 1.36. The predicted octanol–water partition coefficient (Wildman–Crippen LogP) is 2.17. The van der Waals surface area contributed by atoms with Crippen LogP contribution in [0.5, 0.6) is 0 Å². The second-order valence-electron chi connectivity index (χ2n) is 5.38. The van der Waals surface area contributed by atoms with Gasteiger partial charge in [0.05, 0.1) is 17.8 Å². The van der Waals surface area contributed by atoms with Gasteiger partial charge >= 0.3 is 0 Å². The highest BCUT2D eigenvalue weighted by atomic mass is 19.2. The fourth-order valence-electron chi connectivity index (χ4n) is 2.59. The van der Waals surface area contributed by atoms with Gasteiger partial charge < -0.3 is 5.32 Å².